The number of carbonyl (C=O) groups is 1. The average Bonchev–Trinajstić information content (AvgIpc) is 3.39. The van der Waals surface area contributed by atoms with Crippen molar-refractivity contribution >= 4 is 23.1 Å². The Morgan fingerprint density at radius 2 is 1.96 bits per heavy atom. The van der Waals surface area contributed by atoms with Crippen molar-refractivity contribution in [2.24, 2.45) is 0 Å². The molecule has 0 aliphatic carbocycles. The average molecular weight is 364 g/mol. The number of para-hydroxylation sites is 1. The molecule has 0 unspecified atom stereocenters. The first kappa shape index (κ1) is 16.2. The Labute approximate surface area is 153 Å². The highest BCUT2D eigenvalue weighted by atomic mass is 32.1. The first-order valence-electron chi connectivity index (χ1n) is 8.05. The molecule has 4 aromatic rings. The van der Waals surface area contributed by atoms with E-state index in [4.69, 9.17) is 0 Å². The fraction of sp³-hybridized carbons (Fsp3) is 0.111. The number of benzene rings is 1. The number of hydrogen-bond acceptors (Lipinski definition) is 5. The Balaban J connectivity index is 1.54. The molecule has 130 valence electrons. The summed E-state index contributed by atoms with van der Waals surface area (Å²) in [5.41, 5.74) is 1.66. The predicted molar refractivity (Wildman–Crippen MR) is 99.7 cm³/mol. The van der Waals surface area contributed by atoms with Gasteiger partial charge in [0, 0.05) is 10.9 Å². The van der Waals surface area contributed by atoms with Gasteiger partial charge in [0.1, 0.15) is 5.82 Å². The number of carbonyl (C=O) groups excluding carboxylic acids is 1. The van der Waals surface area contributed by atoms with E-state index < -0.39 is 0 Å². The minimum atomic E-state index is -0.308. The quantitative estimate of drug-likeness (QED) is 0.590. The van der Waals surface area contributed by atoms with Crippen LogP contribution in [0.15, 0.2) is 60.1 Å². The summed E-state index contributed by atoms with van der Waals surface area (Å²) in [4.78, 5) is 15.3. The van der Waals surface area contributed by atoms with Crippen molar-refractivity contribution in [3.05, 3.63) is 76.4 Å². The SMILES string of the molecule is Cc1nn(-c2ccccc2)nc1C(=O)Nc1ccnn1Cc1cccs1. The second kappa shape index (κ2) is 6.93. The van der Waals surface area contributed by atoms with Gasteiger partial charge in [0.15, 0.2) is 5.69 Å². The highest BCUT2D eigenvalue weighted by Crippen LogP contribution is 2.16. The van der Waals surface area contributed by atoms with Crippen molar-refractivity contribution in [2.75, 3.05) is 5.32 Å². The first-order valence-corrected chi connectivity index (χ1v) is 8.93. The Morgan fingerprint density at radius 3 is 2.73 bits per heavy atom. The fourth-order valence-electron chi connectivity index (χ4n) is 2.56. The summed E-state index contributed by atoms with van der Waals surface area (Å²) >= 11 is 1.65. The molecule has 4 rings (SSSR count). The van der Waals surface area contributed by atoms with Crippen molar-refractivity contribution in [3.63, 3.8) is 0 Å². The molecule has 0 aliphatic heterocycles. The monoisotopic (exact) mass is 364 g/mol. The van der Waals surface area contributed by atoms with Gasteiger partial charge in [-0.3, -0.25) is 4.79 Å². The number of nitrogens with one attached hydrogen (secondary N) is 1. The van der Waals surface area contributed by atoms with Gasteiger partial charge in [0.25, 0.3) is 5.91 Å². The van der Waals surface area contributed by atoms with E-state index in [0.29, 0.717) is 18.1 Å². The molecule has 0 saturated carbocycles. The predicted octanol–water partition coefficient (Wildman–Crippen LogP) is 3.13. The summed E-state index contributed by atoms with van der Waals surface area (Å²) in [5, 5.41) is 17.8. The standard InChI is InChI=1S/C18H16N6OS/c1-13-17(22-24(21-13)14-6-3-2-4-7-14)18(25)20-16-9-10-19-23(16)12-15-8-5-11-26-15/h2-11H,12H2,1H3,(H,20,25). The molecule has 0 atom stereocenters. The van der Waals surface area contributed by atoms with Crippen LogP contribution in [0.4, 0.5) is 5.82 Å². The fourth-order valence-corrected chi connectivity index (χ4v) is 3.24. The van der Waals surface area contributed by atoms with Crippen LogP contribution < -0.4 is 5.32 Å². The molecule has 0 fully saturated rings. The Bertz CT molecular complexity index is 1020. The summed E-state index contributed by atoms with van der Waals surface area (Å²) in [6, 6.07) is 15.3. The third-order valence-corrected chi connectivity index (χ3v) is 4.69. The van der Waals surface area contributed by atoms with Crippen LogP contribution in [-0.4, -0.2) is 30.7 Å². The second-order valence-corrected chi connectivity index (χ2v) is 6.70. The van der Waals surface area contributed by atoms with Crippen LogP contribution in [0.5, 0.6) is 0 Å². The molecule has 1 amide bonds. The topological polar surface area (TPSA) is 77.6 Å². The van der Waals surface area contributed by atoms with E-state index in [1.165, 1.54) is 4.80 Å². The lowest BCUT2D eigenvalue weighted by atomic mass is 10.3. The number of anilines is 1. The van der Waals surface area contributed by atoms with Gasteiger partial charge in [-0.15, -0.1) is 16.4 Å². The van der Waals surface area contributed by atoms with Crippen LogP contribution in [0.1, 0.15) is 21.1 Å². The van der Waals surface area contributed by atoms with E-state index in [2.05, 4.69) is 20.6 Å². The Morgan fingerprint density at radius 1 is 1.12 bits per heavy atom. The molecule has 0 bridgehead atoms. The van der Waals surface area contributed by atoms with Crippen LogP contribution in [0.2, 0.25) is 0 Å². The van der Waals surface area contributed by atoms with Gasteiger partial charge in [-0.05, 0) is 30.5 Å². The molecular weight excluding hydrogens is 348 g/mol. The zero-order chi connectivity index (χ0) is 17.9. The molecule has 0 spiro atoms. The minimum absolute atomic E-state index is 0.290. The van der Waals surface area contributed by atoms with E-state index in [9.17, 15) is 4.79 Å². The second-order valence-electron chi connectivity index (χ2n) is 5.67. The summed E-state index contributed by atoms with van der Waals surface area (Å²) in [7, 11) is 0. The summed E-state index contributed by atoms with van der Waals surface area (Å²) in [6.07, 6.45) is 1.66. The molecule has 0 radical (unpaired) electrons. The smallest absolute Gasteiger partial charge is 0.279 e. The lowest BCUT2D eigenvalue weighted by Gasteiger charge is -2.07. The Hall–Kier alpha value is -3.26. The maximum absolute atomic E-state index is 12.7. The van der Waals surface area contributed by atoms with E-state index in [0.717, 1.165) is 10.6 Å². The summed E-state index contributed by atoms with van der Waals surface area (Å²) in [6.45, 7) is 2.38. The maximum atomic E-state index is 12.7. The lowest BCUT2D eigenvalue weighted by Crippen LogP contribution is -2.17. The van der Waals surface area contributed by atoms with Gasteiger partial charge >= 0.3 is 0 Å². The van der Waals surface area contributed by atoms with Crippen LogP contribution in [0.25, 0.3) is 5.69 Å². The van der Waals surface area contributed by atoms with Gasteiger partial charge in [-0.1, -0.05) is 24.3 Å². The normalized spacial score (nSPS) is 10.8. The Kier molecular flexibility index (Phi) is 4.32. The first-order chi connectivity index (χ1) is 12.7. The van der Waals surface area contributed by atoms with Crippen LogP contribution in [0.3, 0.4) is 0 Å². The molecule has 1 aromatic carbocycles. The van der Waals surface area contributed by atoms with Gasteiger partial charge in [-0.25, -0.2) is 4.68 Å². The number of nitrogens with zero attached hydrogens (tertiary/aromatic N) is 5. The zero-order valence-corrected chi connectivity index (χ0v) is 14.8. The van der Waals surface area contributed by atoms with E-state index >= 15 is 0 Å². The third-order valence-electron chi connectivity index (χ3n) is 3.83. The maximum Gasteiger partial charge on any atom is 0.279 e. The highest BCUT2D eigenvalue weighted by molar-refractivity contribution is 7.09. The number of aromatic nitrogens is 5. The summed E-state index contributed by atoms with van der Waals surface area (Å²) < 4.78 is 1.75. The molecular formula is C18H16N6OS. The largest absolute Gasteiger partial charge is 0.305 e. The van der Waals surface area contributed by atoms with Gasteiger partial charge in [-0.2, -0.15) is 15.0 Å². The summed E-state index contributed by atoms with van der Waals surface area (Å²) in [5.74, 6) is 0.315. The van der Waals surface area contributed by atoms with Crippen molar-refractivity contribution in [3.8, 4) is 5.69 Å². The minimum Gasteiger partial charge on any atom is -0.305 e. The molecule has 0 aliphatic rings. The number of amides is 1. The number of rotatable bonds is 5. The molecule has 26 heavy (non-hydrogen) atoms. The molecule has 3 heterocycles. The van der Waals surface area contributed by atoms with Crippen LogP contribution in [-0.2, 0) is 6.54 Å². The lowest BCUT2D eigenvalue weighted by molar-refractivity contribution is 0.102. The van der Waals surface area contributed by atoms with Crippen LogP contribution >= 0.6 is 11.3 Å². The number of aryl methyl sites for hydroxylation is 1. The number of thiophene rings is 1. The highest BCUT2D eigenvalue weighted by Gasteiger charge is 2.18. The van der Waals surface area contributed by atoms with E-state index in [1.54, 1.807) is 35.2 Å². The number of hydrogen-bond donors (Lipinski definition) is 1. The molecule has 3 aromatic heterocycles. The van der Waals surface area contributed by atoms with Crippen molar-refractivity contribution in [1.29, 1.82) is 0 Å². The third kappa shape index (κ3) is 3.27. The zero-order valence-electron chi connectivity index (χ0n) is 14.0. The molecule has 0 saturated heterocycles. The van der Waals surface area contributed by atoms with Gasteiger partial charge < -0.3 is 5.32 Å². The van der Waals surface area contributed by atoms with Crippen molar-refractivity contribution in [2.45, 2.75) is 13.5 Å². The van der Waals surface area contributed by atoms with Gasteiger partial charge in [0.2, 0.25) is 0 Å². The van der Waals surface area contributed by atoms with Gasteiger partial charge in [0.05, 0.1) is 24.1 Å². The van der Waals surface area contributed by atoms with Crippen molar-refractivity contribution in [1.82, 2.24) is 24.8 Å². The van der Waals surface area contributed by atoms with E-state index in [1.807, 2.05) is 47.8 Å². The molecule has 8 heteroatoms. The molecule has 7 nitrogen and oxygen atoms in total. The van der Waals surface area contributed by atoms with Crippen LogP contribution in [0, 0.1) is 6.92 Å². The molecule has 1 N–H and O–H groups in total. The van der Waals surface area contributed by atoms with Crippen molar-refractivity contribution < 1.29 is 4.79 Å². The van der Waals surface area contributed by atoms with E-state index in [-0.39, 0.29) is 11.6 Å².